The summed E-state index contributed by atoms with van der Waals surface area (Å²) in [6.07, 6.45) is -0.00709. The number of halogens is 1. The quantitative estimate of drug-likeness (QED) is 0.578. The van der Waals surface area contributed by atoms with Crippen LogP contribution in [0.1, 0.15) is 13.3 Å². The van der Waals surface area contributed by atoms with Crippen LogP contribution in [0.4, 0.5) is 5.69 Å². The fraction of sp³-hybridized carbons (Fsp3) is 0.333. The molecule has 66 valence electrons. The highest BCUT2D eigenvalue weighted by Gasteiger charge is 2.10. The first kappa shape index (κ1) is 9.36. The summed E-state index contributed by atoms with van der Waals surface area (Å²) < 4.78 is 1.33. The van der Waals surface area contributed by atoms with Crippen molar-refractivity contribution >= 4 is 17.5 Å². The lowest BCUT2D eigenvalue weighted by Gasteiger charge is -2.20. The second kappa shape index (κ2) is 4.33. The van der Waals surface area contributed by atoms with E-state index in [4.69, 9.17) is 11.8 Å². The first-order valence-corrected chi connectivity index (χ1v) is 4.27. The zero-order chi connectivity index (χ0) is 8.97. The van der Waals surface area contributed by atoms with E-state index >= 15 is 0 Å². The van der Waals surface area contributed by atoms with Gasteiger partial charge >= 0.3 is 0 Å². The number of aliphatic hydroxyl groups excluding tert-OH is 1. The molecule has 0 heterocycles. The van der Waals surface area contributed by atoms with Gasteiger partial charge in [0.25, 0.3) is 0 Å². The average Bonchev–Trinajstić information content (AvgIpc) is 2.17. The Bertz CT molecular complexity index is 227. The minimum atomic E-state index is -0.617. The Labute approximate surface area is 77.5 Å². The first-order valence-electron chi connectivity index (χ1n) is 3.94. The van der Waals surface area contributed by atoms with E-state index in [9.17, 15) is 5.11 Å². The van der Waals surface area contributed by atoms with E-state index in [0.717, 1.165) is 5.69 Å². The topological polar surface area (TPSA) is 23.5 Å². The zero-order valence-electron chi connectivity index (χ0n) is 6.94. The predicted octanol–water partition coefficient (Wildman–Crippen LogP) is 2.38. The molecule has 0 saturated carbocycles. The van der Waals surface area contributed by atoms with Gasteiger partial charge in [-0.15, -0.1) is 0 Å². The van der Waals surface area contributed by atoms with Crippen LogP contribution in [0.15, 0.2) is 30.3 Å². The van der Waals surface area contributed by atoms with Crippen LogP contribution in [0.25, 0.3) is 0 Å². The number of anilines is 1. The third-order valence-corrected chi connectivity index (χ3v) is 2.05. The van der Waals surface area contributed by atoms with Crippen molar-refractivity contribution in [3.8, 4) is 0 Å². The molecule has 0 fully saturated rings. The molecular formula is C9H12ClNO. The molecule has 1 atom stereocenters. The Morgan fingerprint density at radius 1 is 1.42 bits per heavy atom. The third kappa shape index (κ3) is 2.13. The molecule has 2 nitrogen and oxygen atoms in total. The van der Waals surface area contributed by atoms with Gasteiger partial charge in [-0.2, -0.15) is 0 Å². The van der Waals surface area contributed by atoms with Crippen LogP contribution in [0.3, 0.4) is 0 Å². The van der Waals surface area contributed by atoms with Gasteiger partial charge in [0.2, 0.25) is 0 Å². The Balaban J connectivity index is 2.71. The van der Waals surface area contributed by atoms with Crippen molar-refractivity contribution in [1.29, 1.82) is 0 Å². The third-order valence-electron chi connectivity index (χ3n) is 1.63. The summed E-state index contributed by atoms with van der Waals surface area (Å²) in [4.78, 5) is 0. The van der Waals surface area contributed by atoms with Gasteiger partial charge in [-0.3, -0.25) is 4.42 Å². The second-order valence-corrected chi connectivity index (χ2v) is 2.90. The van der Waals surface area contributed by atoms with Crippen molar-refractivity contribution in [2.75, 3.05) is 4.42 Å². The molecule has 1 N–H and O–H groups in total. The number of para-hydroxylation sites is 1. The number of rotatable bonds is 3. The number of nitrogens with zero attached hydrogens (tertiary/aromatic N) is 1. The SMILES string of the molecule is CCC(O)N(Cl)c1ccccc1. The molecule has 1 aromatic rings. The summed E-state index contributed by atoms with van der Waals surface area (Å²) >= 11 is 5.84. The van der Waals surface area contributed by atoms with E-state index in [-0.39, 0.29) is 0 Å². The van der Waals surface area contributed by atoms with E-state index in [2.05, 4.69) is 0 Å². The molecule has 0 spiro atoms. The molecular weight excluding hydrogens is 174 g/mol. The van der Waals surface area contributed by atoms with E-state index in [1.807, 2.05) is 37.3 Å². The van der Waals surface area contributed by atoms with Crippen LogP contribution in [-0.4, -0.2) is 11.3 Å². The van der Waals surface area contributed by atoms with Crippen LogP contribution >= 0.6 is 11.8 Å². The van der Waals surface area contributed by atoms with Gasteiger partial charge in [-0.05, 0) is 18.6 Å². The number of hydrogen-bond donors (Lipinski definition) is 1. The minimum Gasteiger partial charge on any atom is -0.372 e. The van der Waals surface area contributed by atoms with Gasteiger partial charge in [0.1, 0.15) is 6.23 Å². The molecule has 0 radical (unpaired) electrons. The van der Waals surface area contributed by atoms with Crippen molar-refractivity contribution in [2.24, 2.45) is 0 Å². The lowest BCUT2D eigenvalue weighted by atomic mass is 10.3. The van der Waals surface area contributed by atoms with Gasteiger partial charge in [0.15, 0.2) is 0 Å². The molecule has 1 rings (SSSR count). The molecule has 0 saturated heterocycles. The summed E-state index contributed by atoms with van der Waals surface area (Å²) in [6.45, 7) is 1.88. The van der Waals surface area contributed by atoms with E-state index in [1.54, 1.807) is 0 Å². The molecule has 0 bridgehead atoms. The molecule has 0 aromatic heterocycles. The van der Waals surface area contributed by atoms with E-state index in [1.165, 1.54) is 4.42 Å². The Morgan fingerprint density at radius 3 is 2.50 bits per heavy atom. The predicted molar refractivity (Wildman–Crippen MR) is 51.1 cm³/mol. The molecule has 1 unspecified atom stereocenters. The highest BCUT2D eigenvalue weighted by molar-refractivity contribution is 6.25. The van der Waals surface area contributed by atoms with Crippen molar-refractivity contribution < 1.29 is 5.11 Å². The molecule has 0 aliphatic heterocycles. The number of aliphatic hydroxyl groups is 1. The van der Waals surface area contributed by atoms with Crippen LogP contribution < -0.4 is 4.42 Å². The van der Waals surface area contributed by atoms with Gasteiger partial charge in [0.05, 0.1) is 5.69 Å². The van der Waals surface area contributed by atoms with Crippen molar-refractivity contribution in [3.63, 3.8) is 0 Å². The summed E-state index contributed by atoms with van der Waals surface area (Å²) in [5, 5.41) is 9.37. The first-order chi connectivity index (χ1) is 5.75. The highest BCUT2D eigenvalue weighted by Crippen LogP contribution is 2.18. The Kier molecular flexibility index (Phi) is 3.38. The summed E-state index contributed by atoms with van der Waals surface area (Å²) in [5.41, 5.74) is 0.813. The monoisotopic (exact) mass is 185 g/mol. The smallest absolute Gasteiger partial charge is 0.141 e. The lowest BCUT2D eigenvalue weighted by molar-refractivity contribution is 0.183. The normalized spacial score (nSPS) is 12.6. The minimum absolute atomic E-state index is 0.610. The summed E-state index contributed by atoms with van der Waals surface area (Å²) in [7, 11) is 0. The maximum atomic E-state index is 9.37. The highest BCUT2D eigenvalue weighted by atomic mass is 35.5. The lowest BCUT2D eigenvalue weighted by Crippen LogP contribution is -2.25. The van der Waals surface area contributed by atoms with E-state index < -0.39 is 6.23 Å². The van der Waals surface area contributed by atoms with Crippen molar-refractivity contribution in [2.45, 2.75) is 19.6 Å². The molecule has 12 heavy (non-hydrogen) atoms. The fourth-order valence-corrected chi connectivity index (χ4v) is 1.15. The van der Waals surface area contributed by atoms with Gasteiger partial charge in [-0.25, -0.2) is 0 Å². The average molecular weight is 186 g/mol. The standard InChI is InChI=1S/C9H12ClNO/c1-2-9(12)11(10)8-6-4-3-5-7-8/h3-7,9,12H,2H2,1H3. The van der Waals surface area contributed by atoms with E-state index in [0.29, 0.717) is 6.42 Å². The fourth-order valence-electron chi connectivity index (χ4n) is 0.903. The van der Waals surface area contributed by atoms with Crippen LogP contribution in [-0.2, 0) is 0 Å². The maximum Gasteiger partial charge on any atom is 0.141 e. The zero-order valence-corrected chi connectivity index (χ0v) is 7.70. The van der Waals surface area contributed by atoms with Crippen molar-refractivity contribution in [1.82, 2.24) is 0 Å². The molecule has 0 aliphatic rings. The Morgan fingerprint density at radius 2 is 2.00 bits per heavy atom. The molecule has 1 aromatic carbocycles. The molecule has 0 aliphatic carbocycles. The molecule has 0 amide bonds. The van der Waals surface area contributed by atoms with Crippen LogP contribution in [0.5, 0.6) is 0 Å². The number of benzene rings is 1. The molecule has 3 heteroatoms. The summed E-state index contributed by atoms with van der Waals surface area (Å²) in [5.74, 6) is 0. The largest absolute Gasteiger partial charge is 0.372 e. The second-order valence-electron chi connectivity index (χ2n) is 2.54. The summed E-state index contributed by atoms with van der Waals surface area (Å²) in [6, 6.07) is 9.38. The maximum absolute atomic E-state index is 9.37. The number of hydrogen-bond acceptors (Lipinski definition) is 2. The van der Waals surface area contributed by atoms with Crippen LogP contribution in [0.2, 0.25) is 0 Å². The van der Waals surface area contributed by atoms with Gasteiger partial charge < -0.3 is 5.11 Å². The van der Waals surface area contributed by atoms with Crippen molar-refractivity contribution in [3.05, 3.63) is 30.3 Å². The van der Waals surface area contributed by atoms with Gasteiger partial charge in [0, 0.05) is 11.8 Å². The van der Waals surface area contributed by atoms with Gasteiger partial charge in [-0.1, -0.05) is 25.1 Å². The Hall–Kier alpha value is -0.730. The van der Waals surface area contributed by atoms with Crippen LogP contribution in [0, 0.1) is 0 Å².